The van der Waals surface area contributed by atoms with Crippen molar-refractivity contribution in [2.24, 2.45) is 5.41 Å². The number of carboxylic acids is 1. The number of anilines is 1. The Labute approximate surface area is 240 Å². The van der Waals surface area contributed by atoms with Crippen LogP contribution in [0.2, 0.25) is 0 Å². The Bertz CT molecular complexity index is 1110. The molecule has 4 heterocycles. The Morgan fingerprint density at radius 2 is 1.68 bits per heavy atom. The Morgan fingerprint density at radius 3 is 2.34 bits per heavy atom. The maximum atomic E-state index is 12.9. The molecule has 2 spiro atoms. The highest BCUT2D eigenvalue weighted by molar-refractivity contribution is 5.69. The normalized spacial score (nSPS) is 23.8. The van der Waals surface area contributed by atoms with Crippen LogP contribution >= 0.6 is 0 Å². The van der Waals surface area contributed by atoms with Crippen LogP contribution in [0.5, 0.6) is 0 Å². The van der Waals surface area contributed by atoms with Gasteiger partial charge in [0.2, 0.25) is 0 Å². The highest BCUT2D eigenvalue weighted by Crippen LogP contribution is 2.43. The number of carbonyl (C=O) groups excluding carboxylic acids is 1. The molecule has 228 valence electrons. The molecule has 4 saturated heterocycles. The molecule has 0 aliphatic carbocycles. The standard InChI is InChI=1S/C30H43F3N4O4/c1-22-4-5-24(25(18-22)35-14-8-28(9-15-35)7-13-34(21-28)20-26(38)39)19-37-12-3-6-29(37)10-16-36(17-11-29)27(40)41-23(2)30(31,32)33/h4-5,18,23H,3,6-17,19-21H2,1-2H3,(H,38,39). The van der Waals surface area contributed by atoms with Gasteiger partial charge in [-0.25, -0.2) is 4.79 Å². The van der Waals surface area contributed by atoms with Gasteiger partial charge in [-0.1, -0.05) is 12.1 Å². The van der Waals surface area contributed by atoms with E-state index in [4.69, 9.17) is 4.74 Å². The van der Waals surface area contributed by atoms with Gasteiger partial charge in [0.1, 0.15) is 0 Å². The third kappa shape index (κ3) is 6.61. The molecule has 0 saturated carbocycles. The van der Waals surface area contributed by atoms with Crippen molar-refractivity contribution in [1.29, 1.82) is 0 Å². The van der Waals surface area contributed by atoms with E-state index in [1.807, 2.05) is 0 Å². The number of nitrogens with zero attached hydrogens (tertiary/aromatic N) is 4. The van der Waals surface area contributed by atoms with Gasteiger partial charge in [-0.05, 0) is 94.5 Å². The summed E-state index contributed by atoms with van der Waals surface area (Å²) in [7, 11) is 0. The summed E-state index contributed by atoms with van der Waals surface area (Å²) >= 11 is 0. The molecule has 0 aromatic heterocycles. The first-order valence-corrected chi connectivity index (χ1v) is 14.9. The van der Waals surface area contributed by atoms with E-state index in [1.54, 1.807) is 0 Å². The summed E-state index contributed by atoms with van der Waals surface area (Å²) in [5.41, 5.74) is 3.92. The number of carbonyl (C=O) groups is 2. The van der Waals surface area contributed by atoms with Crippen LogP contribution in [0, 0.1) is 12.3 Å². The fourth-order valence-corrected chi connectivity index (χ4v) is 7.50. The molecule has 5 rings (SSSR count). The second-order valence-electron chi connectivity index (χ2n) is 12.8. The minimum atomic E-state index is -4.56. The van der Waals surface area contributed by atoms with E-state index in [0.29, 0.717) is 13.1 Å². The summed E-state index contributed by atoms with van der Waals surface area (Å²) in [6.45, 7) is 9.30. The average molecular weight is 581 g/mol. The summed E-state index contributed by atoms with van der Waals surface area (Å²) < 4.78 is 43.3. The third-order valence-electron chi connectivity index (χ3n) is 10.1. The Hall–Kier alpha value is -2.53. The molecule has 0 radical (unpaired) electrons. The van der Waals surface area contributed by atoms with Crippen LogP contribution in [0.25, 0.3) is 0 Å². The quantitative estimate of drug-likeness (QED) is 0.514. The predicted octanol–water partition coefficient (Wildman–Crippen LogP) is 4.89. The van der Waals surface area contributed by atoms with Crippen molar-refractivity contribution < 1.29 is 32.6 Å². The first kappa shape index (κ1) is 29.9. The summed E-state index contributed by atoms with van der Waals surface area (Å²) in [4.78, 5) is 32.1. The zero-order valence-electron chi connectivity index (χ0n) is 24.2. The number of likely N-dealkylation sites (tertiary alicyclic amines) is 3. The number of carboxylic acid groups (broad SMARTS) is 1. The molecule has 0 bridgehead atoms. The number of ether oxygens (including phenoxy) is 1. The maximum Gasteiger partial charge on any atom is 0.425 e. The van der Waals surface area contributed by atoms with Crippen molar-refractivity contribution in [3.05, 3.63) is 29.3 Å². The van der Waals surface area contributed by atoms with Gasteiger partial charge in [-0.3, -0.25) is 14.6 Å². The van der Waals surface area contributed by atoms with E-state index in [2.05, 4.69) is 39.8 Å². The highest BCUT2D eigenvalue weighted by atomic mass is 19.4. The van der Waals surface area contributed by atoms with E-state index in [1.165, 1.54) is 21.7 Å². The van der Waals surface area contributed by atoms with Gasteiger partial charge >= 0.3 is 18.2 Å². The molecule has 4 aliphatic heterocycles. The average Bonchev–Trinajstić information content (AvgIpc) is 3.48. The Balaban J connectivity index is 1.21. The van der Waals surface area contributed by atoms with Gasteiger partial charge in [-0.2, -0.15) is 13.2 Å². The summed E-state index contributed by atoms with van der Waals surface area (Å²) in [5, 5.41) is 9.20. The number of alkyl halides is 3. The van der Waals surface area contributed by atoms with Gasteiger partial charge in [0.25, 0.3) is 0 Å². The third-order valence-corrected chi connectivity index (χ3v) is 10.1. The van der Waals surface area contributed by atoms with Gasteiger partial charge in [0.15, 0.2) is 6.10 Å². The van der Waals surface area contributed by atoms with Crippen LogP contribution < -0.4 is 4.90 Å². The van der Waals surface area contributed by atoms with Gasteiger partial charge in [0, 0.05) is 50.5 Å². The number of hydrogen-bond acceptors (Lipinski definition) is 6. The molecular weight excluding hydrogens is 537 g/mol. The Morgan fingerprint density at radius 1 is 1.00 bits per heavy atom. The number of aryl methyl sites for hydroxylation is 1. The largest absolute Gasteiger partial charge is 0.480 e. The van der Waals surface area contributed by atoms with Crippen LogP contribution in [-0.2, 0) is 16.1 Å². The fourth-order valence-electron chi connectivity index (χ4n) is 7.50. The van der Waals surface area contributed by atoms with Gasteiger partial charge < -0.3 is 19.6 Å². The first-order valence-electron chi connectivity index (χ1n) is 14.9. The van der Waals surface area contributed by atoms with Crippen molar-refractivity contribution in [1.82, 2.24) is 14.7 Å². The van der Waals surface area contributed by atoms with Crippen LogP contribution in [0.1, 0.15) is 63.0 Å². The Kier molecular flexibility index (Phi) is 8.49. The van der Waals surface area contributed by atoms with E-state index in [9.17, 15) is 27.9 Å². The molecule has 1 atom stereocenters. The monoisotopic (exact) mass is 580 g/mol. The SMILES string of the molecule is Cc1ccc(CN2CCCC23CCN(C(=O)OC(C)C(F)(F)F)CC3)c(N2CCC3(CCN(CC(=O)O)C3)CC2)c1. The lowest BCUT2D eigenvalue weighted by atomic mass is 9.77. The number of amides is 1. The number of aliphatic carboxylic acids is 1. The van der Waals surface area contributed by atoms with Crippen molar-refractivity contribution in [3.63, 3.8) is 0 Å². The molecule has 41 heavy (non-hydrogen) atoms. The second kappa shape index (κ2) is 11.6. The molecule has 1 amide bonds. The van der Waals surface area contributed by atoms with Crippen molar-refractivity contribution in [3.8, 4) is 0 Å². The van der Waals surface area contributed by atoms with Crippen LogP contribution in [0.3, 0.4) is 0 Å². The number of rotatable bonds is 6. The molecule has 11 heteroatoms. The predicted molar refractivity (Wildman–Crippen MR) is 149 cm³/mol. The van der Waals surface area contributed by atoms with E-state index in [-0.39, 0.29) is 17.5 Å². The molecule has 1 aromatic rings. The van der Waals surface area contributed by atoms with E-state index < -0.39 is 24.3 Å². The van der Waals surface area contributed by atoms with Crippen molar-refractivity contribution in [2.45, 2.75) is 83.2 Å². The lowest BCUT2D eigenvalue weighted by Crippen LogP contribution is -2.53. The molecule has 4 aliphatic rings. The highest BCUT2D eigenvalue weighted by Gasteiger charge is 2.46. The van der Waals surface area contributed by atoms with E-state index in [0.717, 1.165) is 91.1 Å². The minimum absolute atomic E-state index is 0.0576. The number of benzene rings is 1. The molecular formula is C30H43F3N4O4. The zero-order valence-corrected chi connectivity index (χ0v) is 24.2. The van der Waals surface area contributed by atoms with E-state index >= 15 is 0 Å². The fraction of sp³-hybridized carbons (Fsp3) is 0.733. The van der Waals surface area contributed by atoms with Gasteiger partial charge in [-0.15, -0.1) is 0 Å². The van der Waals surface area contributed by atoms with Gasteiger partial charge in [0.05, 0.1) is 6.54 Å². The molecule has 1 N–H and O–H groups in total. The molecule has 1 aromatic carbocycles. The summed E-state index contributed by atoms with van der Waals surface area (Å²) in [6, 6.07) is 6.67. The topological polar surface area (TPSA) is 76.6 Å². The van der Waals surface area contributed by atoms with Crippen LogP contribution in [0.15, 0.2) is 18.2 Å². The molecule has 8 nitrogen and oxygen atoms in total. The number of halogens is 3. The molecule has 4 fully saturated rings. The van der Waals surface area contributed by atoms with Crippen LogP contribution in [0.4, 0.5) is 23.7 Å². The number of piperidine rings is 2. The smallest absolute Gasteiger partial charge is 0.425 e. The second-order valence-corrected chi connectivity index (χ2v) is 12.8. The lowest BCUT2D eigenvalue weighted by Gasteiger charge is -2.45. The van der Waals surface area contributed by atoms with Crippen LogP contribution in [-0.4, -0.2) is 102 Å². The first-order chi connectivity index (χ1) is 19.4. The zero-order chi connectivity index (χ0) is 29.4. The maximum absolute atomic E-state index is 12.9. The minimum Gasteiger partial charge on any atom is -0.480 e. The van der Waals surface area contributed by atoms with Crippen molar-refractivity contribution in [2.75, 3.05) is 57.3 Å². The number of hydrogen-bond donors (Lipinski definition) is 1. The van der Waals surface area contributed by atoms with Crippen molar-refractivity contribution >= 4 is 17.7 Å². The molecule has 1 unspecified atom stereocenters. The lowest BCUT2D eigenvalue weighted by molar-refractivity contribution is -0.200. The summed E-state index contributed by atoms with van der Waals surface area (Å²) in [6.07, 6.45) is -0.845. The summed E-state index contributed by atoms with van der Waals surface area (Å²) in [5.74, 6) is -0.759.